The van der Waals surface area contributed by atoms with Gasteiger partial charge in [-0.3, -0.25) is 4.79 Å². The van der Waals surface area contributed by atoms with Crippen molar-refractivity contribution in [1.82, 2.24) is 4.90 Å². The zero-order chi connectivity index (χ0) is 17.8. The molecule has 1 heterocycles. The SMILES string of the molecule is NC(=O)c1ccc(NC(=O)N2CC[C@H](Cc3ccccc3)C2)cc1F. The molecule has 130 valence electrons. The fourth-order valence-electron chi connectivity index (χ4n) is 3.13. The van der Waals surface area contributed by atoms with E-state index in [-0.39, 0.29) is 11.6 Å². The number of hydrogen-bond donors (Lipinski definition) is 2. The van der Waals surface area contributed by atoms with Crippen molar-refractivity contribution in [1.29, 1.82) is 0 Å². The molecule has 1 aliphatic heterocycles. The van der Waals surface area contributed by atoms with Crippen molar-refractivity contribution < 1.29 is 14.0 Å². The van der Waals surface area contributed by atoms with E-state index >= 15 is 0 Å². The third kappa shape index (κ3) is 4.15. The van der Waals surface area contributed by atoms with Gasteiger partial charge in [0.1, 0.15) is 5.82 Å². The number of primary amides is 1. The van der Waals surface area contributed by atoms with Crippen LogP contribution in [0.4, 0.5) is 14.9 Å². The zero-order valence-corrected chi connectivity index (χ0v) is 13.7. The van der Waals surface area contributed by atoms with E-state index in [9.17, 15) is 14.0 Å². The Kier molecular flexibility index (Phi) is 4.97. The number of benzene rings is 2. The van der Waals surface area contributed by atoms with E-state index in [0.717, 1.165) is 18.9 Å². The number of carbonyl (C=O) groups is 2. The number of amides is 3. The summed E-state index contributed by atoms with van der Waals surface area (Å²) in [5.74, 6) is -1.16. The third-order valence-electron chi connectivity index (χ3n) is 4.43. The molecule has 0 saturated carbocycles. The van der Waals surface area contributed by atoms with Crippen LogP contribution in [0.2, 0.25) is 0 Å². The van der Waals surface area contributed by atoms with Crippen molar-refractivity contribution in [3.05, 3.63) is 65.5 Å². The molecule has 0 aliphatic carbocycles. The van der Waals surface area contributed by atoms with E-state index in [4.69, 9.17) is 5.73 Å². The standard InChI is InChI=1S/C19H20FN3O2/c20-17-11-15(6-7-16(17)18(21)24)22-19(25)23-9-8-14(12-23)10-13-4-2-1-3-5-13/h1-7,11,14H,8-10,12H2,(H2,21,24)(H,22,25)/t14-/m1/s1. The predicted octanol–water partition coefficient (Wildman–Crippen LogP) is 3.02. The Morgan fingerprint density at radius 3 is 2.64 bits per heavy atom. The summed E-state index contributed by atoms with van der Waals surface area (Å²) in [6.07, 6.45) is 1.88. The van der Waals surface area contributed by atoms with Gasteiger partial charge in [0, 0.05) is 18.8 Å². The van der Waals surface area contributed by atoms with Crippen LogP contribution in [0.1, 0.15) is 22.3 Å². The molecule has 2 aromatic carbocycles. The van der Waals surface area contributed by atoms with Crippen molar-refractivity contribution in [2.24, 2.45) is 11.7 Å². The van der Waals surface area contributed by atoms with E-state index in [1.165, 1.54) is 17.7 Å². The first-order chi connectivity index (χ1) is 12.0. The maximum Gasteiger partial charge on any atom is 0.321 e. The van der Waals surface area contributed by atoms with Gasteiger partial charge < -0.3 is 16.0 Å². The van der Waals surface area contributed by atoms with Crippen molar-refractivity contribution in [3.63, 3.8) is 0 Å². The summed E-state index contributed by atoms with van der Waals surface area (Å²) in [6.45, 7) is 1.34. The normalized spacial score (nSPS) is 16.7. The van der Waals surface area contributed by atoms with Crippen LogP contribution in [0.3, 0.4) is 0 Å². The number of urea groups is 1. The maximum absolute atomic E-state index is 13.8. The van der Waals surface area contributed by atoms with Gasteiger partial charge in [0.15, 0.2) is 0 Å². The summed E-state index contributed by atoms with van der Waals surface area (Å²) in [5.41, 5.74) is 6.44. The molecule has 6 heteroatoms. The molecule has 3 amide bonds. The summed E-state index contributed by atoms with van der Waals surface area (Å²) in [4.78, 5) is 25.1. The van der Waals surface area contributed by atoms with E-state index in [0.29, 0.717) is 24.7 Å². The van der Waals surface area contributed by atoms with E-state index < -0.39 is 11.7 Å². The van der Waals surface area contributed by atoms with Gasteiger partial charge in [0.2, 0.25) is 0 Å². The van der Waals surface area contributed by atoms with Crippen molar-refractivity contribution in [2.75, 3.05) is 18.4 Å². The lowest BCUT2D eigenvalue weighted by Crippen LogP contribution is -2.33. The molecule has 3 N–H and O–H groups in total. The summed E-state index contributed by atoms with van der Waals surface area (Å²) in [7, 11) is 0. The monoisotopic (exact) mass is 341 g/mol. The summed E-state index contributed by atoms with van der Waals surface area (Å²) < 4.78 is 13.8. The molecule has 0 bridgehead atoms. The molecular formula is C19H20FN3O2. The summed E-state index contributed by atoms with van der Waals surface area (Å²) in [5, 5.41) is 2.67. The van der Waals surface area contributed by atoms with E-state index in [2.05, 4.69) is 17.4 Å². The Labute approximate surface area is 145 Å². The topological polar surface area (TPSA) is 75.4 Å². The van der Waals surface area contributed by atoms with Crippen LogP contribution in [0.5, 0.6) is 0 Å². The van der Waals surface area contributed by atoms with Crippen LogP contribution in [-0.2, 0) is 6.42 Å². The molecule has 1 saturated heterocycles. The highest BCUT2D eigenvalue weighted by atomic mass is 19.1. The second-order valence-corrected chi connectivity index (χ2v) is 6.28. The molecule has 3 rings (SSSR count). The van der Waals surface area contributed by atoms with Crippen LogP contribution in [0.25, 0.3) is 0 Å². The fourth-order valence-corrected chi connectivity index (χ4v) is 3.13. The van der Waals surface area contributed by atoms with E-state index in [1.807, 2.05) is 18.2 Å². The average Bonchev–Trinajstić information content (AvgIpc) is 3.04. The number of halogens is 1. The molecular weight excluding hydrogens is 321 g/mol. The van der Waals surface area contributed by atoms with Gasteiger partial charge in [0.25, 0.3) is 5.91 Å². The predicted molar refractivity (Wildman–Crippen MR) is 93.8 cm³/mol. The van der Waals surface area contributed by atoms with Crippen molar-refractivity contribution in [3.8, 4) is 0 Å². The minimum Gasteiger partial charge on any atom is -0.366 e. The number of carbonyl (C=O) groups excluding carboxylic acids is 2. The molecule has 1 atom stereocenters. The largest absolute Gasteiger partial charge is 0.366 e. The van der Waals surface area contributed by atoms with Crippen LogP contribution in [0, 0.1) is 11.7 Å². The Morgan fingerprint density at radius 2 is 1.96 bits per heavy atom. The minimum atomic E-state index is -0.835. The molecule has 0 aromatic heterocycles. The van der Waals surface area contributed by atoms with E-state index in [1.54, 1.807) is 4.90 Å². The van der Waals surface area contributed by atoms with Crippen LogP contribution in [-0.4, -0.2) is 29.9 Å². The van der Waals surface area contributed by atoms with Gasteiger partial charge in [-0.25, -0.2) is 9.18 Å². The van der Waals surface area contributed by atoms with Gasteiger partial charge in [-0.1, -0.05) is 30.3 Å². The lowest BCUT2D eigenvalue weighted by atomic mass is 9.99. The third-order valence-corrected chi connectivity index (χ3v) is 4.43. The highest BCUT2D eigenvalue weighted by Gasteiger charge is 2.26. The highest BCUT2D eigenvalue weighted by molar-refractivity contribution is 5.94. The smallest absolute Gasteiger partial charge is 0.321 e. The molecule has 5 nitrogen and oxygen atoms in total. The molecule has 1 fully saturated rings. The highest BCUT2D eigenvalue weighted by Crippen LogP contribution is 2.22. The number of hydrogen-bond acceptors (Lipinski definition) is 2. The first kappa shape index (κ1) is 17.0. The van der Waals surface area contributed by atoms with Gasteiger partial charge in [0.05, 0.1) is 5.56 Å². The molecule has 0 unspecified atom stereocenters. The number of anilines is 1. The first-order valence-electron chi connectivity index (χ1n) is 8.22. The molecule has 2 aromatic rings. The number of likely N-dealkylation sites (tertiary alicyclic amines) is 1. The van der Waals surface area contributed by atoms with Gasteiger partial charge in [-0.15, -0.1) is 0 Å². The lowest BCUT2D eigenvalue weighted by molar-refractivity contribution is 0.0996. The van der Waals surface area contributed by atoms with Crippen LogP contribution >= 0.6 is 0 Å². The van der Waals surface area contributed by atoms with Gasteiger partial charge in [-0.05, 0) is 42.5 Å². The number of rotatable bonds is 4. The Morgan fingerprint density at radius 1 is 1.20 bits per heavy atom. The number of nitrogens with zero attached hydrogens (tertiary/aromatic N) is 1. The molecule has 25 heavy (non-hydrogen) atoms. The van der Waals surface area contributed by atoms with Crippen molar-refractivity contribution in [2.45, 2.75) is 12.8 Å². The zero-order valence-electron chi connectivity index (χ0n) is 13.7. The minimum absolute atomic E-state index is 0.193. The van der Waals surface area contributed by atoms with Crippen LogP contribution in [0.15, 0.2) is 48.5 Å². The second kappa shape index (κ2) is 7.34. The fraction of sp³-hybridized carbons (Fsp3) is 0.263. The molecule has 0 radical (unpaired) electrons. The first-order valence-corrected chi connectivity index (χ1v) is 8.22. The molecule has 1 aliphatic rings. The lowest BCUT2D eigenvalue weighted by Gasteiger charge is -2.18. The maximum atomic E-state index is 13.8. The van der Waals surface area contributed by atoms with Crippen LogP contribution < -0.4 is 11.1 Å². The quantitative estimate of drug-likeness (QED) is 0.897. The number of nitrogens with one attached hydrogen (secondary N) is 1. The van der Waals surface area contributed by atoms with Gasteiger partial charge in [-0.2, -0.15) is 0 Å². The Balaban J connectivity index is 1.57. The Bertz CT molecular complexity index is 779. The van der Waals surface area contributed by atoms with Crippen molar-refractivity contribution >= 4 is 17.6 Å². The molecule has 0 spiro atoms. The second-order valence-electron chi connectivity index (χ2n) is 6.28. The summed E-state index contributed by atoms with van der Waals surface area (Å²) in [6, 6.07) is 13.8. The number of nitrogens with two attached hydrogens (primary N) is 1. The Hall–Kier alpha value is -2.89. The van der Waals surface area contributed by atoms with Gasteiger partial charge >= 0.3 is 6.03 Å². The summed E-state index contributed by atoms with van der Waals surface area (Å²) >= 11 is 0. The average molecular weight is 341 g/mol.